The lowest BCUT2D eigenvalue weighted by Gasteiger charge is -2.36. The number of hydrogen-bond donors (Lipinski definition) is 0. The minimum absolute atomic E-state index is 0.0229. The summed E-state index contributed by atoms with van der Waals surface area (Å²) in [6.45, 7) is 8.39. The third-order valence-electron chi connectivity index (χ3n) is 4.90. The van der Waals surface area contributed by atoms with Crippen LogP contribution >= 0.6 is 0 Å². The van der Waals surface area contributed by atoms with E-state index in [1.165, 1.54) is 5.70 Å². The number of amidine groups is 1. The predicted octanol–water partition coefficient (Wildman–Crippen LogP) is 2.85. The molecule has 0 aromatic heterocycles. The van der Waals surface area contributed by atoms with E-state index in [1.54, 1.807) is 7.11 Å². The summed E-state index contributed by atoms with van der Waals surface area (Å²) in [6.07, 6.45) is 6.52. The van der Waals surface area contributed by atoms with Gasteiger partial charge in [0.1, 0.15) is 18.5 Å². The first-order valence-corrected chi connectivity index (χ1v) is 9.58. The molecule has 6 nitrogen and oxygen atoms in total. The van der Waals surface area contributed by atoms with Crippen LogP contribution < -0.4 is 4.74 Å². The third kappa shape index (κ3) is 4.45. The van der Waals surface area contributed by atoms with E-state index < -0.39 is 0 Å². The Morgan fingerprint density at radius 3 is 2.59 bits per heavy atom. The van der Waals surface area contributed by atoms with E-state index in [1.807, 2.05) is 12.1 Å². The van der Waals surface area contributed by atoms with Crippen molar-refractivity contribution in [1.29, 1.82) is 0 Å². The maximum Gasteiger partial charge on any atom is 0.152 e. The molecule has 0 spiro atoms. The molecule has 1 atom stereocenters. The zero-order chi connectivity index (χ0) is 19.2. The van der Waals surface area contributed by atoms with Gasteiger partial charge < -0.3 is 24.2 Å². The summed E-state index contributed by atoms with van der Waals surface area (Å²) in [5.74, 6) is 1.96. The molecule has 0 saturated heterocycles. The molecule has 27 heavy (non-hydrogen) atoms. The molecule has 0 amide bonds. The molecule has 1 aromatic carbocycles. The second-order valence-corrected chi connectivity index (χ2v) is 6.66. The molecule has 0 aliphatic carbocycles. The van der Waals surface area contributed by atoms with Crippen molar-refractivity contribution in [1.82, 2.24) is 14.7 Å². The first-order valence-electron chi connectivity index (χ1n) is 9.58. The number of hydrogen-bond acceptors (Lipinski definition) is 6. The number of rotatable bonds is 8. The first-order chi connectivity index (χ1) is 13.2. The number of ether oxygens (including phenoxy) is 2. The molecular weight excluding hydrogens is 340 g/mol. The highest BCUT2D eigenvalue weighted by Gasteiger charge is 2.33. The topological polar surface area (TPSA) is 40.5 Å². The van der Waals surface area contributed by atoms with Crippen LogP contribution in [0.1, 0.15) is 19.4 Å². The fourth-order valence-electron chi connectivity index (χ4n) is 3.20. The van der Waals surface area contributed by atoms with Crippen molar-refractivity contribution in [2.24, 2.45) is 4.99 Å². The van der Waals surface area contributed by atoms with Gasteiger partial charge in [0.05, 0.1) is 19.0 Å². The van der Waals surface area contributed by atoms with Crippen LogP contribution in [0, 0.1) is 0 Å². The van der Waals surface area contributed by atoms with Gasteiger partial charge >= 0.3 is 0 Å². The molecule has 2 heterocycles. The number of aliphatic imine (C=N–C) groups is 1. The molecule has 6 heteroatoms. The van der Waals surface area contributed by atoms with Crippen molar-refractivity contribution in [3.8, 4) is 5.75 Å². The maximum absolute atomic E-state index is 5.61. The fraction of sp³-hybridized carbons (Fsp3) is 0.476. The van der Waals surface area contributed by atoms with Crippen molar-refractivity contribution in [2.45, 2.75) is 20.0 Å². The van der Waals surface area contributed by atoms with Crippen molar-refractivity contribution in [3.63, 3.8) is 0 Å². The zero-order valence-corrected chi connectivity index (χ0v) is 16.8. The van der Waals surface area contributed by atoms with E-state index in [2.05, 4.69) is 66.1 Å². The predicted molar refractivity (Wildman–Crippen MR) is 110 cm³/mol. The lowest BCUT2D eigenvalue weighted by atomic mass is 10.2. The van der Waals surface area contributed by atoms with Crippen LogP contribution in [0.15, 0.2) is 47.2 Å². The highest BCUT2D eigenvalue weighted by molar-refractivity contribution is 6.00. The fourth-order valence-corrected chi connectivity index (χ4v) is 3.20. The van der Waals surface area contributed by atoms with Crippen LogP contribution in [-0.4, -0.2) is 73.8 Å². The molecule has 0 bridgehead atoms. The van der Waals surface area contributed by atoms with Gasteiger partial charge in [0.15, 0.2) is 5.84 Å². The Balaban J connectivity index is 1.68. The van der Waals surface area contributed by atoms with Crippen molar-refractivity contribution in [2.75, 3.05) is 47.1 Å². The van der Waals surface area contributed by atoms with Gasteiger partial charge in [0, 0.05) is 33.4 Å². The Labute approximate surface area is 162 Å². The number of fused-ring (bicyclic) bond motifs is 1. The lowest BCUT2D eigenvalue weighted by molar-refractivity contribution is 0.146. The van der Waals surface area contributed by atoms with Crippen LogP contribution in [0.4, 0.5) is 0 Å². The summed E-state index contributed by atoms with van der Waals surface area (Å²) in [4.78, 5) is 11.8. The molecule has 1 unspecified atom stereocenters. The lowest BCUT2D eigenvalue weighted by Crippen LogP contribution is -2.45. The normalized spacial score (nSPS) is 19.4. The molecule has 3 rings (SSSR count). The van der Waals surface area contributed by atoms with Gasteiger partial charge in [-0.25, -0.2) is 4.99 Å². The van der Waals surface area contributed by atoms with E-state index in [-0.39, 0.29) is 6.17 Å². The maximum atomic E-state index is 5.61. The highest BCUT2D eigenvalue weighted by atomic mass is 16.5. The Hall–Kier alpha value is -2.47. The van der Waals surface area contributed by atoms with Gasteiger partial charge in [0.25, 0.3) is 0 Å². The molecule has 0 radical (unpaired) electrons. The van der Waals surface area contributed by atoms with Crippen LogP contribution in [0.2, 0.25) is 0 Å². The molecule has 0 N–H and O–H groups in total. The standard InChI is InChI=1S/C21H30N4O2/c1-5-24-15-19-21(25(6-2)16-24)22-20(23(19)3)12-9-17-7-10-18(11-8-17)27-14-13-26-4/h7-12,15,20H,5-6,13-14,16H2,1-4H3/b12-9+. The molecule has 146 valence electrons. The summed E-state index contributed by atoms with van der Waals surface area (Å²) >= 11 is 0. The van der Waals surface area contributed by atoms with Gasteiger partial charge in [0.2, 0.25) is 0 Å². The summed E-state index contributed by atoms with van der Waals surface area (Å²) in [5, 5.41) is 0. The molecular formula is C21H30N4O2. The van der Waals surface area contributed by atoms with Crippen LogP contribution in [0.25, 0.3) is 6.08 Å². The van der Waals surface area contributed by atoms with Crippen LogP contribution in [0.5, 0.6) is 5.75 Å². The van der Waals surface area contributed by atoms with E-state index in [4.69, 9.17) is 14.5 Å². The van der Waals surface area contributed by atoms with Crippen LogP contribution in [-0.2, 0) is 4.74 Å². The average molecular weight is 370 g/mol. The Morgan fingerprint density at radius 1 is 1.15 bits per heavy atom. The van der Waals surface area contributed by atoms with Gasteiger partial charge in [-0.1, -0.05) is 18.2 Å². The van der Waals surface area contributed by atoms with E-state index in [9.17, 15) is 0 Å². The summed E-state index contributed by atoms with van der Waals surface area (Å²) in [7, 11) is 3.78. The largest absolute Gasteiger partial charge is 0.491 e. The zero-order valence-electron chi connectivity index (χ0n) is 16.8. The molecule has 1 aromatic rings. The number of benzene rings is 1. The quantitative estimate of drug-likeness (QED) is 0.658. The van der Waals surface area contributed by atoms with Crippen molar-refractivity contribution < 1.29 is 9.47 Å². The Kier molecular flexibility index (Phi) is 6.40. The second kappa shape index (κ2) is 8.95. The summed E-state index contributed by atoms with van der Waals surface area (Å²) < 4.78 is 10.6. The summed E-state index contributed by atoms with van der Waals surface area (Å²) in [5.41, 5.74) is 2.33. The van der Waals surface area contributed by atoms with E-state index in [0.29, 0.717) is 13.2 Å². The van der Waals surface area contributed by atoms with E-state index >= 15 is 0 Å². The van der Waals surface area contributed by atoms with E-state index in [0.717, 1.165) is 36.9 Å². The number of nitrogens with zero attached hydrogens (tertiary/aromatic N) is 4. The third-order valence-corrected chi connectivity index (χ3v) is 4.90. The van der Waals surface area contributed by atoms with Crippen molar-refractivity contribution >= 4 is 11.9 Å². The number of likely N-dealkylation sites (N-methyl/N-ethyl adjacent to an activating group) is 2. The molecule has 2 aliphatic heterocycles. The van der Waals surface area contributed by atoms with Gasteiger partial charge in [-0.3, -0.25) is 0 Å². The molecule has 0 fully saturated rings. The number of methoxy groups -OCH3 is 1. The minimum Gasteiger partial charge on any atom is -0.491 e. The molecule has 2 aliphatic rings. The minimum atomic E-state index is 0.0229. The average Bonchev–Trinajstić information content (AvgIpc) is 3.02. The van der Waals surface area contributed by atoms with Gasteiger partial charge in [-0.15, -0.1) is 0 Å². The highest BCUT2D eigenvalue weighted by Crippen LogP contribution is 2.26. The summed E-state index contributed by atoms with van der Waals surface area (Å²) in [6, 6.07) is 8.09. The van der Waals surface area contributed by atoms with Gasteiger partial charge in [-0.2, -0.15) is 0 Å². The SMILES string of the molecule is CCN1C=C2C(=NC(/C=C/c3ccc(OCCOC)cc3)N2C)N(CC)C1. The monoisotopic (exact) mass is 370 g/mol. The Bertz CT molecular complexity index is 711. The Morgan fingerprint density at radius 2 is 1.93 bits per heavy atom. The first kappa shape index (κ1) is 19.3. The second-order valence-electron chi connectivity index (χ2n) is 6.66. The van der Waals surface area contributed by atoms with Crippen molar-refractivity contribution in [3.05, 3.63) is 47.8 Å². The smallest absolute Gasteiger partial charge is 0.152 e. The molecule has 0 saturated carbocycles. The van der Waals surface area contributed by atoms with Gasteiger partial charge in [-0.05, 0) is 37.6 Å². The van der Waals surface area contributed by atoms with Crippen LogP contribution in [0.3, 0.4) is 0 Å².